The van der Waals surface area contributed by atoms with E-state index in [1.165, 1.54) is 32.2 Å². The number of phenolic OH excluding ortho intramolecular Hbond substituents is 3. The van der Waals surface area contributed by atoms with Crippen molar-refractivity contribution in [3.8, 4) is 40.1 Å². The van der Waals surface area contributed by atoms with E-state index in [0.29, 0.717) is 11.8 Å². The Labute approximate surface area is 256 Å². The maximum absolute atomic E-state index is 13.4. The predicted molar refractivity (Wildman–Crippen MR) is 165 cm³/mol. The van der Waals surface area contributed by atoms with Crippen LogP contribution in [0.4, 0.5) is 0 Å². The van der Waals surface area contributed by atoms with E-state index in [4.69, 9.17) is 13.9 Å². The summed E-state index contributed by atoms with van der Waals surface area (Å²) in [7, 11) is 1.25. The van der Waals surface area contributed by atoms with Crippen molar-refractivity contribution in [1.29, 1.82) is 0 Å². The van der Waals surface area contributed by atoms with Gasteiger partial charge in [0.05, 0.1) is 18.2 Å². The second-order valence-electron chi connectivity index (χ2n) is 10.3. The fourth-order valence-electron chi connectivity index (χ4n) is 5.26. The second kappa shape index (κ2) is 12.4. The number of carbonyl (C=O) groups excluding carboxylic acids is 3. The van der Waals surface area contributed by atoms with Crippen LogP contribution < -0.4 is 14.9 Å². The summed E-state index contributed by atoms with van der Waals surface area (Å²) in [5.41, 5.74) is -0.347. The molecule has 0 unspecified atom stereocenters. The van der Waals surface area contributed by atoms with Gasteiger partial charge in [-0.15, -0.1) is 0 Å². The SMILES string of the molecule is COc1c(C)c(O)c(C(=O)CCc2c(OC(=O)c3ccccc3)c(C)c3oc(-c4ccccc4)cc(=O)c3c2O)c(O)c1C=O. The molecule has 1 aromatic heterocycles. The Morgan fingerprint density at radius 2 is 1.51 bits per heavy atom. The minimum absolute atomic E-state index is 0.0125. The standard InChI is InChI=1S/C35H28O10/c1-18-29(39)27(31(41)23(17-36)32(18)43-3)24(37)15-14-22-30(40)28-25(38)16-26(20-10-6-4-7-11-20)44-34(28)19(2)33(22)45-35(42)21-12-8-5-9-13-21/h4-13,16-17,39-41H,14-15H2,1-3H3. The summed E-state index contributed by atoms with van der Waals surface area (Å²) in [4.78, 5) is 51.6. The molecule has 1 heterocycles. The summed E-state index contributed by atoms with van der Waals surface area (Å²) in [5.74, 6) is -3.43. The molecule has 0 spiro atoms. The van der Waals surface area contributed by atoms with Gasteiger partial charge in [0.2, 0.25) is 0 Å². The highest BCUT2D eigenvalue weighted by molar-refractivity contribution is 6.05. The van der Waals surface area contributed by atoms with E-state index < -0.39 is 46.4 Å². The third-order valence-electron chi connectivity index (χ3n) is 7.56. The quantitative estimate of drug-likeness (QED) is 0.0778. The maximum Gasteiger partial charge on any atom is 0.343 e. The van der Waals surface area contributed by atoms with Gasteiger partial charge in [0.1, 0.15) is 51.0 Å². The van der Waals surface area contributed by atoms with E-state index in [1.54, 1.807) is 55.5 Å². The minimum Gasteiger partial charge on any atom is -0.507 e. The van der Waals surface area contributed by atoms with Gasteiger partial charge < -0.3 is 29.2 Å². The first-order valence-corrected chi connectivity index (χ1v) is 13.8. The van der Waals surface area contributed by atoms with Crippen LogP contribution in [0.25, 0.3) is 22.3 Å². The highest BCUT2D eigenvalue weighted by Crippen LogP contribution is 2.44. The number of aldehydes is 1. The van der Waals surface area contributed by atoms with Crippen LogP contribution in [0.2, 0.25) is 0 Å². The summed E-state index contributed by atoms with van der Waals surface area (Å²) >= 11 is 0. The number of benzene rings is 4. The molecular formula is C35H28O10. The number of rotatable bonds is 9. The number of ketones is 1. The molecule has 0 atom stereocenters. The van der Waals surface area contributed by atoms with Crippen molar-refractivity contribution < 1.29 is 43.6 Å². The molecule has 0 bridgehead atoms. The summed E-state index contributed by atoms with van der Waals surface area (Å²) in [6.45, 7) is 2.97. The lowest BCUT2D eigenvalue weighted by atomic mass is 9.94. The summed E-state index contributed by atoms with van der Waals surface area (Å²) < 4.78 is 17.0. The largest absolute Gasteiger partial charge is 0.507 e. The number of Topliss-reactive ketones (excluding diaryl/α,β-unsaturated/α-hetero) is 1. The van der Waals surface area contributed by atoms with Gasteiger partial charge in [-0.1, -0.05) is 48.5 Å². The van der Waals surface area contributed by atoms with Crippen LogP contribution in [0.1, 0.15) is 54.2 Å². The number of aryl methyl sites for hydroxylation is 1. The Kier molecular flexibility index (Phi) is 8.40. The fraction of sp³-hybridized carbons (Fsp3) is 0.143. The minimum atomic E-state index is -0.789. The molecule has 10 heteroatoms. The van der Waals surface area contributed by atoms with Gasteiger partial charge >= 0.3 is 5.97 Å². The van der Waals surface area contributed by atoms with E-state index in [9.17, 15) is 34.5 Å². The first-order chi connectivity index (χ1) is 21.6. The Bertz CT molecular complexity index is 2030. The van der Waals surface area contributed by atoms with E-state index >= 15 is 0 Å². The van der Waals surface area contributed by atoms with Crippen molar-refractivity contribution in [1.82, 2.24) is 0 Å². The number of carbonyl (C=O) groups is 3. The van der Waals surface area contributed by atoms with Gasteiger partial charge in [-0.25, -0.2) is 4.79 Å². The van der Waals surface area contributed by atoms with Crippen LogP contribution in [-0.4, -0.2) is 40.5 Å². The Morgan fingerprint density at radius 3 is 2.13 bits per heavy atom. The fourth-order valence-corrected chi connectivity index (χ4v) is 5.26. The van der Waals surface area contributed by atoms with Crippen LogP contribution in [0.5, 0.6) is 28.7 Å². The van der Waals surface area contributed by atoms with Gasteiger partial charge in [0.15, 0.2) is 17.5 Å². The van der Waals surface area contributed by atoms with E-state index in [0.717, 1.165) is 0 Å². The van der Waals surface area contributed by atoms with Crippen LogP contribution in [0, 0.1) is 13.8 Å². The molecule has 0 fully saturated rings. The third kappa shape index (κ3) is 5.49. The lowest BCUT2D eigenvalue weighted by molar-refractivity contribution is 0.0731. The lowest BCUT2D eigenvalue weighted by Crippen LogP contribution is -2.13. The zero-order valence-corrected chi connectivity index (χ0v) is 24.5. The molecule has 45 heavy (non-hydrogen) atoms. The average Bonchev–Trinajstić information content (AvgIpc) is 3.05. The summed E-state index contributed by atoms with van der Waals surface area (Å²) in [5, 5.41) is 32.7. The molecule has 0 aliphatic heterocycles. The Morgan fingerprint density at radius 1 is 0.867 bits per heavy atom. The molecule has 5 aromatic rings. The van der Waals surface area contributed by atoms with Gasteiger partial charge in [0, 0.05) is 34.7 Å². The molecule has 10 nitrogen and oxygen atoms in total. The van der Waals surface area contributed by atoms with Crippen molar-refractivity contribution in [3.63, 3.8) is 0 Å². The molecular weight excluding hydrogens is 580 g/mol. The molecule has 0 saturated heterocycles. The van der Waals surface area contributed by atoms with E-state index in [-0.39, 0.29) is 62.5 Å². The van der Waals surface area contributed by atoms with Crippen molar-refractivity contribution in [3.05, 3.63) is 110 Å². The van der Waals surface area contributed by atoms with Crippen molar-refractivity contribution in [2.75, 3.05) is 7.11 Å². The number of phenols is 3. The number of esters is 1. The number of fused-ring (bicyclic) bond motifs is 1. The highest BCUT2D eigenvalue weighted by Gasteiger charge is 2.29. The van der Waals surface area contributed by atoms with E-state index in [1.807, 2.05) is 0 Å². The second-order valence-corrected chi connectivity index (χ2v) is 10.3. The summed E-state index contributed by atoms with van der Waals surface area (Å²) in [6, 6.07) is 18.2. The van der Waals surface area contributed by atoms with Gasteiger partial charge in [-0.3, -0.25) is 14.4 Å². The molecule has 5 rings (SSSR count). The number of aromatic hydroxyl groups is 3. The number of hydrogen-bond donors (Lipinski definition) is 3. The molecule has 0 radical (unpaired) electrons. The average molecular weight is 609 g/mol. The molecule has 228 valence electrons. The van der Waals surface area contributed by atoms with Gasteiger partial charge in [-0.05, 0) is 32.4 Å². The number of ether oxygens (including phenoxy) is 2. The van der Waals surface area contributed by atoms with Crippen molar-refractivity contribution >= 4 is 29.0 Å². The van der Waals surface area contributed by atoms with Crippen LogP contribution in [0.3, 0.4) is 0 Å². The highest BCUT2D eigenvalue weighted by atomic mass is 16.5. The molecule has 3 N–H and O–H groups in total. The first kappa shape index (κ1) is 30.6. The topological polar surface area (TPSA) is 161 Å². The van der Waals surface area contributed by atoms with Crippen molar-refractivity contribution in [2.45, 2.75) is 26.7 Å². The lowest BCUT2D eigenvalue weighted by Gasteiger charge is -2.18. The van der Waals surface area contributed by atoms with Gasteiger partial charge in [-0.2, -0.15) is 0 Å². The number of methoxy groups -OCH3 is 1. The number of hydrogen-bond acceptors (Lipinski definition) is 10. The van der Waals surface area contributed by atoms with E-state index in [2.05, 4.69) is 0 Å². The van der Waals surface area contributed by atoms with Crippen LogP contribution >= 0.6 is 0 Å². The Balaban J connectivity index is 1.64. The predicted octanol–water partition coefficient (Wildman–Crippen LogP) is 6.05. The molecule has 0 aliphatic carbocycles. The van der Waals surface area contributed by atoms with Crippen LogP contribution in [0.15, 0.2) is 75.9 Å². The molecule has 0 saturated carbocycles. The normalized spacial score (nSPS) is 10.9. The smallest absolute Gasteiger partial charge is 0.343 e. The monoisotopic (exact) mass is 608 g/mol. The molecule has 4 aromatic carbocycles. The molecule has 0 amide bonds. The first-order valence-electron chi connectivity index (χ1n) is 13.8. The van der Waals surface area contributed by atoms with Crippen molar-refractivity contribution in [2.24, 2.45) is 0 Å². The zero-order valence-electron chi connectivity index (χ0n) is 24.5. The summed E-state index contributed by atoms with van der Waals surface area (Å²) in [6.07, 6.45) is -0.424. The van der Waals surface area contributed by atoms with Gasteiger partial charge in [0.25, 0.3) is 0 Å². The third-order valence-corrected chi connectivity index (χ3v) is 7.56. The zero-order chi connectivity index (χ0) is 32.4. The Hall–Kier alpha value is -5.90. The molecule has 0 aliphatic rings. The maximum atomic E-state index is 13.4. The van der Waals surface area contributed by atoms with Crippen LogP contribution in [-0.2, 0) is 6.42 Å².